The first-order valence-electron chi connectivity index (χ1n) is 7.99. The minimum absolute atomic E-state index is 0.0112. The van der Waals surface area contributed by atoms with E-state index in [4.69, 9.17) is 4.74 Å². The molecule has 0 saturated heterocycles. The Balaban J connectivity index is 1.88. The molecule has 1 fully saturated rings. The Hall–Kier alpha value is -2.77. The van der Waals surface area contributed by atoms with Crippen molar-refractivity contribution in [3.63, 3.8) is 0 Å². The third-order valence-corrected chi connectivity index (χ3v) is 3.96. The summed E-state index contributed by atoms with van der Waals surface area (Å²) < 4.78 is 5.80. The number of rotatable bonds is 5. The fourth-order valence-corrected chi connectivity index (χ4v) is 2.77. The highest BCUT2D eigenvalue weighted by Crippen LogP contribution is 2.34. The molecule has 1 aliphatic rings. The topological polar surface area (TPSA) is 103 Å². The number of hydrogen-bond acceptors (Lipinski definition) is 7. The predicted molar refractivity (Wildman–Crippen MR) is 88.4 cm³/mol. The molecule has 0 atom stereocenters. The van der Waals surface area contributed by atoms with Crippen LogP contribution in [0.5, 0.6) is 5.88 Å². The van der Waals surface area contributed by atoms with Crippen molar-refractivity contribution in [2.45, 2.75) is 45.1 Å². The van der Waals surface area contributed by atoms with Gasteiger partial charge in [-0.05, 0) is 50.3 Å². The Morgan fingerprint density at radius 3 is 2.75 bits per heavy atom. The van der Waals surface area contributed by atoms with E-state index in [1.807, 2.05) is 13.0 Å². The predicted octanol–water partition coefficient (Wildman–Crippen LogP) is 3.54. The highest BCUT2D eigenvalue weighted by molar-refractivity contribution is 5.66. The second-order valence-electron chi connectivity index (χ2n) is 5.85. The molecule has 126 valence electrons. The lowest BCUT2D eigenvalue weighted by molar-refractivity contribution is -0.385. The number of hydrogen-bond donors (Lipinski definition) is 1. The molecular weight excluding hydrogens is 310 g/mol. The minimum atomic E-state index is -0.518. The first kappa shape index (κ1) is 16.1. The molecule has 2 aromatic rings. The summed E-state index contributed by atoms with van der Waals surface area (Å²) in [7, 11) is 0. The maximum absolute atomic E-state index is 11.5. The van der Waals surface area contributed by atoms with Gasteiger partial charge in [0.1, 0.15) is 18.2 Å². The van der Waals surface area contributed by atoms with Crippen molar-refractivity contribution >= 4 is 17.3 Å². The van der Waals surface area contributed by atoms with Crippen LogP contribution in [0, 0.1) is 17.0 Å². The van der Waals surface area contributed by atoms with Gasteiger partial charge >= 0.3 is 5.69 Å². The average Bonchev–Trinajstić information content (AvgIpc) is 2.56. The van der Waals surface area contributed by atoms with Gasteiger partial charge in [-0.15, -0.1) is 0 Å². The lowest BCUT2D eigenvalue weighted by Crippen LogP contribution is -2.21. The zero-order chi connectivity index (χ0) is 16.9. The molecule has 0 bridgehead atoms. The molecule has 1 N–H and O–H groups in total. The Bertz CT molecular complexity index is 731. The molecule has 3 rings (SSSR count). The van der Waals surface area contributed by atoms with E-state index in [2.05, 4.69) is 20.3 Å². The Morgan fingerprint density at radius 1 is 1.25 bits per heavy atom. The van der Waals surface area contributed by atoms with Crippen LogP contribution in [0.3, 0.4) is 0 Å². The highest BCUT2D eigenvalue weighted by atomic mass is 16.6. The summed E-state index contributed by atoms with van der Waals surface area (Å²) in [5.41, 5.74) is 0.731. The van der Waals surface area contributed by atoms with Crippen molar-refractivity contribution < 1.29 is 9.66 Å². The molecule has 2 heterocycles. The van der Waals surface area contributed by atoms with Crippen LogP contribution in [0.4, 0.5) is 17.3 Å². The van der Waals surface area contributed by atoms with Gasteiger partial charge in [-0.3, -0.25) is 10.1 Å². The molecule has 8 heteroatoms. The van der Waals surface area contributed by atoms with E-state index >= 15 is 0 Å². The van der Waals surface area contributed by atoms with Crippen LogP contribution >= 0.6 is 0 Å². The number of ether oxygens (including phenoxy) is 1. The molecule has 0 amide bonds. The molecule has 2 aromatic heterocycles. The molecule has 1 saturated carbocycles. The number of pyridine rings is 1. The van der Waals surface area contributed by atoms with E-state index in [0.717, 1.165) is 31.2 Å². The number of aromatic nitrogens is 3. The zero-order valence-electron chi connectivity index (χ0n) is 13.4. The summed E-state index contributed by atoms with van der Waals surface area (Å²) in [6, 6.07) is 3.63. The number of nitrogens with zero attached hydrogens (tertiary/aromatic N) is 4. The summed E-state index contributed by atoms with van der Waals surface area (Å²) in [6.45, 7) is 1.92. The molecule has 0 radical (unpaired) electrons. The Kier molecular flexibility index (Phi) is 4.83. The molecule has 8 nitrogen and oxygen atoms in total. The van der Waals surface area contributed by atoms with Crippen LogP contribution in [0.25, 0.3) is 0 Å². The van der Waals surface area contributed by atoms with E-state index in [1.165, 1.54) is 12.7 Å². The highest BCUT2D eigenvalue weighted by Gasteiger charge is 2.27. The van der Waals surface area contributed by atoms with Gasteiger partial charge < -0.3 is 10.1 Å². The van der Waals surface area contributed by atoms with Gasteiger partial charge in [0.25, 0.3) is 5.88 Å². The summed E-state index contributed by atoms with van der Waals surface area (Å²) in [5.74, 6) is 0.580. The fraction of sp³-hybridized carbons (Fsp3) is 0.438. The van der Waals surface area contributed by atoms with Gasteiger partial charge in [-0.1, -0.05) is 6.42 Å². The molecule has 0 spiro atoms. The fourth-order valence-electron chi connectivity index (χ4n) is 2.77. The first-order valence-corrected chi connectivity index (χ1v) is 7.99. The van der Waals surface area contributed by atoms with Gasteiger partial charge in [-0.25, -0.2) is 9.97 Å². The summed E-state index contributed by atoms with van der Waals surface area (Å²) >= 11 is 0. The summed E-state index contributed by atoms with van der Waals surface area (Å²) in [4.78, 5) is 23.1. The summed E-state index contributed by atoms with van der Waals surface area (Å²) in [6.07, 6.45) is 7.97. The van der Waals surface area contributed by atoms with Gasteiger partial charge in [0.05, 0.1) is 4.92 Å². The van der Waals surface area contributed by atoms with Crippen LogP contribution in [0.1, 0.15) is 37.7 Å². The van der Waals surface area contributed by atoms with Gasteiger partial charge in [0, 0.05) is 6.20 Å². The van der Waals surface area contributed by atoms with Crippen molar-refractivity contribution in [3.8, 4) is 5.88 Å². The monoisotopic (exact) mass is 329 g/mol. The maximum atomic E-state index is 11.5. The standard InChI is InChI=1S/C16H19N5O3/c1-11-7-8-17-13(9-11)20-15-14(21(22)23)16(19-10-18-15)24-12-5-3-2-4-6-12/h7-10,12H,2-6H2,1H3,(H,17,18,19,20). The normalized spacial score (nSPS) is 15.0. The first-order chi connectivity index (χ1) is 11.6. The Morgan fingerprint density at radius 2 is 2.04 bits per heavy atom. The molecule has 0 aliphatic heterocycles. The summed E-state index contributed by atoms with van der Waals surface area (Å²) in [5, 5.41) is 14.4. The number of aryl methyl sites for hydroxylation is 1. The zero-order valence-corrected chi connectivity index (χ0v) is 13.4. The number of anilines is 2. The van der Waals surface area contributed by atoms with Crippen molar-refractivity contribution in [2.24, 2.45) is 0 Å². The van der Waals surface area contributed by atoms with Crippen LogP contribution in [-0.4, -0.2) is 26.0 Å². The van der Waals surface area contributed by atoms with Crippen molar-refractivity contribution in [1.29, 1.82) is 0 Å². The average molecular weight is 329 g/mol. The third-order valence-electron chi connectivity index (χ3n) is 3.96. The maximum Gasteiger partial charge on any atom is 0.373 e. The second-order valence-corrected chi connectivity index (χ2v) is 5.85. The van der Waals surface area contributed by atoms with Crippen LogP contribution in [0.2, 0.25) is 0 Å². The van der Waals surface area contributed by atoms with E-state index in [1.54, 1.807) is 12.3 Å². The molecule has 1 aliphatic carbocycles. The third kappa shape index (κ3) is 3.76. The van der Waals surface area contributed by atoms with Gasteiger partial charge in [0.15, 0.2) is 0 Å². The van der Waals surface area contributed by atoms with E-state index < -0.39 is 4.92 Å². The minimum Gasteiger partial charge on any atom is -0.469 e. The van der Waals surface area contributed by atoms with Crippen LogP contribution in [-0.2, 0) is 0 Å². The van der Waals surface area contributed by atoms with Crippen LogP contribution < -0.4 is 10.1 Å². The largest absolute Gasteiger partial charge is 0.469 e. The Labute approximate surface area is 139 Å². The van der Waals surface area contributed by atoms with Crippen molar-refractivity contribution in [3.05, 3.63) is 40.3 Å². The van der Waals surface area contributed by atoms with Crippen molar-refractivity contribution in [2.75, 3.05) is 5.32 Å². The quantitative estimate of drug-likeness (QED) is 0.661. The molecular formula is C16H19N5O3. The number of nitro groups is 1. The van der Waals surface area contributed by atoms with Crippen LogP contribution in [0.15, 0.2) is 24.7 Å². The molecule has 0 aromatic carbocycles. The van der Waals surface area contributed by atoms with E-state index in [-0.39, 0.29) is 23.5 Å². The van der Waals surface area contributed by atoms with Crippen molar-refractivity contribution in [1.82, 2.24) is 15.0 Å². The molecule has 24 heavy (non-hydrogen) atoms. The number of nitrogens with one attached hydrogen (secondary N) is 1. The lowest BCUT2D eigenvalue weighted by Gasteiger charge is -2.22. The van der Waals surface area contributed by atoms with E-state index in [0.29, 0.717) is 5.82 Å². The lowest BCUT2D eigenvalue weighted by atomic mass is 9.98. The van der Waals surface area contributed by atoms with Gasteiger partial charge in [0.2, 0.25) is 5.82 Å². The van der Waals surface area contributed by atoms with Gasteiger partial charge in [-0.2, -0.15) is 4.98 Å². The smallest absolute Gasteiger partial charge is 0.373 e. The molecule has 0 unspecified atom stereocenters. The van der Waals surface area contributed by atoms with E-state index in [9.17, 15) is 10.1 Å². The SMILES string of the molecule is Cc1ccnc(Nc2ncnc(OC3CCCCC3)c2[N+](=O)[O-])c1. The second kappa shape index (κ2) is 7.20.